The molecule has 1 amide bonds. The highest BCUT2D eigenvalue weighted by Crippen LogP contribution is 2.37. The highest BCUT2D eigenvalue weighted by Gasteiger charge is 2.30. The molecule has 2 aromatic carbocycles. The predicted octanol–water partition coefficient (Wildman–Crippen LogP) is 7.18. The molecule has 0 unspecified atom stereocenters. The van der Waals surface area contributed by atoms with Crippen LogP contribution in [0.4, 0.5) is 30.2 Å². The van der Waals surface area contributed by atoms with Crippen LogP contribution in [0.25, 0.3) is 10.9 Å². The van der Waals surface area contributed by atoms with Crippen molar-refractivity contribution in [1.29, 1.82) is 5.26 Å². The van der Waals surface area contributed by atoms with Crippen LogP contribution in [-0.4, -0.2) is 48.0 Å². The highest BCUT2D eigenvalue weighted by molar-refractivity contribution is 6.32. The maximum absolute atomic E-state index is 12.8. The van der Waals surface area contributed by atoms with Crippen molar-refractivity contribution in [2.45, 2.75) is 32.5 Å². The Morgan fingerprint density at radius 2 is 1.86 bits per heavy atom. The van der Waals surface area contributed by atoms with E-state index < -0.39 is 11.7 Å². The van der Waals surface area contributed by atoms with Crippen LogP contribution in [0.1, 0.15) is 36.6 Å². The molecule has 0 atom stereocenters. The van der Waals surface area contributed by atoms with E-state index in [4.69, 9.17) is 21.1 Å². The molecular weight excluding hydrogens is 597 g/mol. The normalized spacial score (nSPS) is 11.3. The molecule has 0 aliphatic heterocycles. The molecule has 13 heteroatoms. The summed E-state index contributed by atoms with van der Waals surface area (Å²) >= 11 is 6.46. The standard InChI is InChI=1S/C31H30ClF3N6O3/c1-4-43-28-14-25-23(13-26(28)40-29(42)6-5-11-41(2)3)30(19(15-36)16-38-25)39-21-9-10-27(24(32)12-21)44-18-22-8-7-20(17-37-22)31(33,34)35/h7-10,12-14,16-17H,4-6,11,18H2,1-3H3,(H,38,39)(H,40,42). The van der Waals surface area contributed by atoms with Gasteiger partial charge in [-0.15, -0.1) is 0 Å². The van der Waals surface area contributed by atoms with Gasteiger partial charge in [0.25, 0.3) is 0 Å². The van der Waals surface area contributed by atoms with E-state index in [-0.39, 0.29) is 23.1 Å². The molecule has 4 aromatic rings. The number of ether oxygens (including phenoxy) is 2. The third-order valence-electron chi connectivity index (χ3n) is 6.40. The minimum absolute atomic E-state index is 0.0932. The van der Waals surface area contributed by atoms with Crippen LogP contribution in [0.15, 0.2) is 54.9 Å². The molecule has 2 N–H and O–H groups in total. The van der Waals surface area contributed by atoms with E-state index in [1.807, 2.05) is 25.9 Å². The molecule has 44 heavy (non-hydrogen) atoms. The molecule has 0 aliphatic rings. The molecule has 0 radical (unpaired) electrons. The van der Waals surface area contributed by atoms with Crippen molar-refractivity contribution in [3.63, 3.8) is 0 Å². The second-order valence-corrected chi connectivity index (χ2v) is 10.4. The van der Waals surface area contributed by atoms with Gasteiger partial charge >= 0.3 is 6.18 Å². The van der Waals surface area contributed by atoms with Gasteiger partial charge in [-0.05, 0) is 70.4 Å². The van der Waals surface area contributed by atoms with Gasteiger partial charge in [-0.2, -0.15) is 18.4 Å². The van der Waals surface area contributed by atoms with E-state index in [0.717, 1.165) is 18.8 Å². The minimum atomic E-state index is -4.48. The molecule has 230 valence electrons. The van der Waals surface area contributed by atoms with Gasteiger partial charge in [0.15, 0.2) is 0 Å². The number of carbonyl (C=O) groups excluding carboxylic acids is 1. The number of aromatic nitrogens is 2. The molecule has 0 aliphatic carbocycles. The number of halogens is 4. The minimum Gasteiger partial charge on any atom is -0.492 e. The van der Waals surface area contributed by atoms with Crippen LogP contribution in [0.3, 0.4) is 0 Å². The van der Waals surface area contributed by atoms with Crippen LogP contribution >= 0.6 is 11.6 Å². The van der Waals surface area contributed by atoms with Crippen molar-refractivity contribution in [3.8, 4) is 17.6 Å². The Labute approximate surface area is 257 Å². The number of carbonyl (C=O) groups is 1. The van der Waals surface area contributed by atoms with E-state index in [1.54, 1.807) is 30.3 Å². The summed E-state index contributed by atoms with van der Waals surface area (Å²) in [6.45, 7) is 2.89. The molecular formula is C31H30ClF3N6O3. The third kappa shape index (κ3) is 8.27. The summed E-state index contributed by atoms with van der Waals surface area (Å²) < 4.78 is 49.8. The first-order chi connectivity index (χ1) is 21.0. The zero-order chi connectivity index (χ0) is 31.9. The summed E-state index contributed by atoms with van der Waals surface area (Å²) in [5.41, 5.74) is 1.67. The molecule has 0 spiro atoms. The third-order valence-corrected chi connectivity index (χ3v) is 6.70. The Morgan fingerprint density at radius 1 is 1.07 bits per heavy atom. The Kier molecular flexibility index (Phi) is 10.5. The van der Waals surface area contributed by atoms with Gasteiger partial charge in [0, 0.05) is 36.0 Å². The summed E-state index contributed by atoms with van der Waals surface area (Å²) in [5, 5.41) is 16.8. The van der Waals surface area contributed by atoms with Crippen molar-refractivity contribution in [1.82, 2.24) is 14.9 Å². The van der Waals surface area contributed by atoms with E-state index in [2.05, 4.69) is 26.7 Å². The lowest BCUT2D eigenvalue weighted by Gasteiger charge is -2.17. The van der Waals surface area contributed by atoms with E-state index in [1.165, 1.54) is 12.3 Å². The summed E-state index contributed by atoms with van der Waals surface area (Å²) in [6, 6.07) is 12.6. The predicted molar refractivity (Wildman–Crippen MR) is 162 cm³/mol. The van der Waals surface area contributed by atoms with Crippen LogP contribution in [-0.2, 0) is 17.6 Å². The number of benzene rings is 2. The topological polar surface area (TPSA) is 112 Å². The van der Waals surface area contributed by atoms with Crippen LogP contribution in [0.2, 0.25) is 5.02 Å². The number of hydrogen-bond acceptors (Lipinski definition) is 8. The van der Waals surface area contributed by atoms with Crippen molar-refractivity contribution in [2.24, 2.45) is 0 Å². The van der Waals surface area contributed by atoms with Gasteiger partial charge in [-0.25, -0.2) is 0 Å². The fraction of sp³-hybridized carbons (Fsp3) is 0.290. The van der Waals surface area contributed by atoms with Gasteiger partial charge in [-0.3, -0.25) is 14.8 Å². The van der Waals surface area contributed by atoms with Gasteiger partial charge in [0.1, 0.15) is 24.2 Å². The van der Waals surface area contributed by atoms with Crippen molar-refractivity contribution >= 4 is 45.5 Å². The number of hydrogen-bond donors (Lipinski definition) is 2. The summed E-state index contributed by atoms with van der Waals surface area (Å²) in [7, 11) is 3.88. The van der Waals surface area contributed by atoms with Gasteiger partial charge in [0.2, 0.25) is 5.91 Å². The fourth-order valence-electron chi connectivity index (χ4n) is 4.25. The lowest BCUT2D eigenvalue weighted by atomic mass is 10.1. The number of nitriles is 1. The summed E-state index contributed by atoms with van der Waals surface area (Å²) in [5.74, 6) is 0.579. The molecule has 0 fully saturated rings. The van der Waals surface area contributed by atoms with Crippen molar-refractivity contribution in [2.75, 3.05) is 37.9 Å². The second kappa shape index (κ2) is 14.2. The number of pyridine rings is 2. The van der Waals surface area contributed by atoms with Crippen molar-refractivity contribution < 1.29 is 27.4 Å². The maximum atomic E-state index is 12.8. The fourth-order valence-corrected chi connectivity index (χ4v) is 4.48. The van der Waals surface area contributed by atoms with Crippen molar-refractivity contribution in [3.05, 3.63) is 76.7 Å². The smallest absolute Gasteiger partial charge is 0.417 e. The number of nitrogens with zero attached hydrogens (tertiary/aromatic N) is 4. The van der Waals surface area contributed by atoms with Crippen LogP contribution in [0.5, 0.6) is 11.5 Å². The largest absolute Gasteiger partial charge is 0.492 e. The lowest BCUT2D eigenvalue weighted by molar-refractivity contribution is -0.137. The molecule has 9 nitrogen and oxygen atoms in total. The summed E-state index contributed by atoms with van der Waals surface area (Å²) in [4.78, 5) is 22.9. The van der Waals surface area contributed by atoms with E-state index in [9.17, 15) is 23.2 Å². The molecule has 4 rings (SSSR count). The number of fused-ring (bicyclic) bond motifs is 1. The van der Waals surface area contributed by atoms with Crippen LogP contribution in [0, 0.1) is 11.3 Å². The molecule has 0 saturated carbocycles. The van der Waals surface area contributed by atoms with Crippen LogP contribution < -0.4 is 20.1 Å². The molecule has 0 bridgehead atoms. The molecule has 2 aromatic heterocycles. The Hall–Kier alpha value is -4.60. The maximum Gasteiger partial charge on any atom is 0.417 e. The number of nitrogens with one attached hydrogen (secondary N) is 2. The lowest BCUT2D eigenvalue weighted by Crippen LogP contribution is -2.17. The first kappa shape index (κ1) is 32.3. The van der Waals surface area contributed by atoms with Gasteiger partial charge in [0.05, 0.1) is 45.3 Å². The number of alkyl halides is 3. The monoisotopic (exact) mass is 626 g/mol. The van der Waals surface area contributed by atoms with E-state index in [0.29, 0.717) is 64.6 Å². The Morgan fingerprint density at radius 3 is 2.50 bits per heavy atom. The SMILES string of the molecule is CCOc1cc2ncc(C#N)c(Nc3ccc(OCc4ccc(C(F)(F)F)cn4)c(Cl)c3)c2cc1NC(=O)CCCN(C)C. The zero-order valence-corrected chi connectivity index (χ0v) is 25.0. The highest BCUT2D eigenvalue weighted by atomic mass is 35.5. The first-order valence-corrected chi connectivity index (χ1v) is 14.0. The number of anilines is 3. The number of amides is 1. The van der Waals surface area contributed by atoms with Gasteiger partial charge in [-0.1, -0.05) is 11.6 Å². The van der Waals surface area contributed by atoms with Gasteiger partial charge < -0.3 is 25.0 Å². The first-order valence-electron chi connectivity index (χ1n) is 13.6. The second-order valence-electron chi connectivity index (χ2n) is 10.0. The summed E-state index contributed by atoms with van der Waals surface area (Å²) in [6.07, 6.45) is -1.28. The van der Waals surface area contributed by atoms with E-state index >= 15 is 0 Å². The number of rotatable bonds is 12. The average Bonchev–Trinajstić information content (AvgIpc) is 2.97. The Bertz CT molecular complexity index is 1670. The molecule has 2 heterocycles. The molecule has 0 saturated heterocycles. The quantitative estimate of drug-likeness (QED) is 0.170. The Balaban J connectivity index is 1.57. The average molecular weight is 627 g/mol. The zero-order valence-electron chi connectivity index (χ0n) is 24.3.